The fraction of sp³-hybridized carbons (Fsp3) is 0.400. The summed E-state index contributed by atoms with van der Waals surface area (Å²) in [6.45, 7) is 4.95. The number of nitrogens with zero attached hydrogens (tertiary/aromatic N) is 2. The Morgan fingerprint density at radius 2 is 2.20 bits per heavy atom. The van der Waals surface area contributed by atoms with Gasteiger partial charge in [0.25, 0.3) is 0 Å². The molecule has 1 aromatic carbocycles. The van der Waals surface area contributed by atoms with Crippen molar-refractivity contribution in [1.82, 2.24) is 9.88 Å². The van der Waals surface area contributed by atoms with Gasteiger partial charge in [0.2, 0.25) is 0 Å². The summed E-state index contributed by atoms with van der Waals surface area (Å²) in [7, 11) is 0. The molecule has 0 atom stereocenters. The summed E-state index contributed by atoms with van der Waals surface area (Å²) >= 11 is 1.53. The van der Waals surface area contributed by atoms with Gasteiger partial charge < -0.3 is 5.73 Å². The van der Waals surface area contributed by atoms with Gasteiger partial charge in [-0.15, -0.1) is 11.3 Å². The number of rotatable bonds is 7. The second-order valence-electron chi connectivity index (χ2n) is 4.82. The number of benzene rings is 1. The Hall–Kier alpha value is -1.46. The molecule has 0 radical (unpaired) electrons. The minimum Gasteiger partial charge on any atom is -0.375 e. The molecule has 20 heavy (non-hydrogen) atoms. The van der Waals surface area contributed by atoms with Crippen molar-refractivity contribution >= 4 is 16.5 Å². The number of halogens is 1. The van der Waals surface area contributed by atoms with E-state index in [1.807, 2.05) is 12.3 Å². The van der Waals surface area contributed by atoms with Crippen molar-refractivity contribution in [3.8, 4) is 0 Å². The highest BCUT2D eigenvalue weighted by Gasteiger charge is 2.08. The standard InChI is InChI=1S/C15H20FN3S/c1-2-7-19(11-14-10-18-15(17)20-14)8-6-12-4-3-5-13(16)9-12/h3-5,9-10H,2,6-8,11H2,1H3,(H2,17,18). The van der Waals surface area contributed by atoms with Gasteiger partial charge in [0.05, 0.1) is 0 Å². The Morgan fingerprint density at radius 1 is 1.35 bits per heavy atom. The summed E-state index contributed by atoms with van der Waals surface area (Å²) < 4.78 is 13.2. The van der Waals surface area contributed by atoms with Crippen LogP contribution in [0.1, 0.15) is 23.8 Å². The summed E-state index contributed by atoms with van der Waals surface area (Å²) in [5, 5.41) is 0.613. The van der Waals surface area contributed by atoms with Crippen LogP contribution in [0.3, 0.4) is 0 Å². The monoisotopic (exact) mass is 293 g/mol. The molecular weight excluding hydrogens is 273 g/mol. The molecule has 3 nitrogen and oxygen atoms in total. The van der Waals surface area contributed by atoms with Gasteiger partial charge in [-0.1, -0.05) is 19.1 Å². The van der Waals surface area contributed by atoms with Gasteiger partial charge in [-0.3, -0.25) is 4.90 Å². The molecule has 0 fully saturated rings. The minimum atomic E-state index is -0.167. The number of hydrogen-bond donors (Lipinski definition) is 1. The highest BCUT2D eigenvalue weighted by Crippen LogP contribution is 2.17. The van der Waals surface area contributed by atoms with Crippen molar-refractivity contribution < 1.29 is 4.39 Å². The zero-order valence-corrected chi connectivity index (χ0v) is 12.5. The number of aromatic nitrogens is 1. The Balaban J connectivity index is 1.91. The van der Waals surface area contributed by atoms with Crippen molar-refractivity contribution in [1.29, 1.82) is 0 Å². The van der Waals surface area contributed by atoms with Crippen LogP contribution in [0, 0.1) is 5.82 Å². The van der Waals surface area contributed by atoms with E-state index in [1.165, 1.54) is 22.3 Å². The van der Waals surface area contributed by atoms with Crippen LogP contribution >= 0.6 is 11.3 Å². The lowest BCUT2D eigenvalue weighted by Gasteiger charge is -2.20. The molecule has 1 aromatic heterocycles. The van der Waals surface area contributed by atoms with Gasteiger partial charge in [-0.25, -0.2) is 9.37 Å². The lowest BCUT2D eigenvalue weighted by Crippen LogP contribution is -2.26. The molecule has 5 heteroatoms. The van der Waals surface area contributed by atoms with Gasteiger partial charge in [0.15, 0.2) is 5.13 Å². The van der Waals surface area contributed by atoms with E-state index in [2.05, 4.69) is 16.8 Å². The average molecular weight is 293 g/mol. The average Bonchev–Trinajstić information content (AvgIpc) is 2.82. The Kier molecular flexibility index (Phi) is 5.49. The smallest absolute Gasteiger partial charge is 0.180 e. The Labute approximate surface area is 123 Å². The number of anilines is 1. The van der Waals surface area contributed by atoms with Gasteiger partial charge in [0.1, 0.15) is 5.82 Å². The van der Waals surface area contributed by atoms with Gasteiger partial charge in [-0.2, -0.15) is 0 Å². The van der Waals surface area contributed by atoms with Crippen LogP contribution in [0.4, 0.5) is 9.52 Å². The molecule has 0 aliphatic carbocycles. The third kappa shape index (κ3) is 4.58. The van der Waals surface area contributed by atoms with Gasteiger partial charge >= 0.3 is 0 Å². The maximum Gasteiger partial charge on any atom is 0.180 e. The van der Waals surface area contributed by atoms with E-state index in [9.17, 15) is 4.39 Å². The molecule has 2 N–H and O–H groups in total. The van der Waals surface area contributed by atoms with Crippen molar-refractivity contribution in [3.63, 3.8) is 0 Å². The summed E-state index contributed by atoms with van der Waals surface area (Å²) in [6.07, 6.45) is 3.79. The first-order chi connectivity index (χ1) is 9.67. The molecule has 2 aromatic rings. The molecule has 0 saturated heterocycles. The van der Waals surface area contributed by atoms with Crippen molar-refractivity contribution in [2.45, 2.75) is 26.3 Å². The highest BCUT2D eigenvalue weighted by molar-refractivity contribution is 7.15. The zero-order chi connectivity index (χ0) is 14.4. The fourth-order valence-corrected chi connectivity index (χ4v) is 2.91. The first-order valence-corrected chi connectivity index (χ1v) is 7.66. The van der Waals surface area contributed by atoms with Crippen molar-refractivity contribution in [2.75, 3.05) is 18.8 Å². The third-order valence-electron chi connectivity index (χ3n) is 3.10. The third-order valence-corrected chi connectivity index (χ3v) is 3.91. The van der Waals surface area contributed by atoms with E-state index < -0.39 is 0 Å². The second-order valence-corrected chi connectivity index (χ2v) is 5.97. The van der Waals surface area contributed by atoms with E-state index in [4.69, 9.17) is 5.73 Å². The van der Waals surface area contributed by atoms with Gasteiger partial charge in [0, 0.05) is 24.2 Å². The number of thiazole rings is 1. The van der Waals surface area contributed by atoms with E-state index >= 15 is 0 Å². The van der Waals surface area contributed by atoms with Crippen LogP contribution in [0.2, 0.25) is 0 Å². The highest BCUT2D eigenvalue weighted by atomic mass is 32.1. The largest absolute Gasteiger partial charge is 0.375 e. The second kappa shape index (κ2) is 7.36. The lowest BCUT2D eigenvalue weighted by molar-refractivity contribution is 0.271. The fourth-order valence-electron chi connectivity index (χ4n) is 2.18. The van der Waals surface area contributed by atoms with Crippen LogP contribution in [0.5, 0.6) is 0 Å². The molecule has 0 saturated carbocycles. The molecule has 0 amide bonds. The van der Waals surface area contributed by atoms with Crippen molar-refractivity contribution in [2.24, 2.45) is 0 Å². The quantitative estimate of drug-likeness (QED) is 0.851. The minimum absolute atomic E-state index is 0.167. The predicted octanol–water partition coefficient (Wildman–Crippen LogP) is 3.32. The molecule has 108 valence electrons. The molecule has 0 aliphatic heterocycles. The molecule has 0 spiro atoms. The van der Waals surface area contributed by atoms with E-state index in [-0.39, 0.29) is 5.82 Å². The van der Waals surface area contributed by atoms with Crippen LogP contribution in [0.25, 0.3) is 0 Å². The molecule has 0 aliphatic rings. The molecule has 0 unspecified atom stereocenters. The zero-order valence-electron chi connectivity index (χ0n) is 11.7. The van der Waals surface area contributed by atoms with E-state index in [0.29, 0.717) is 5.13 Å². The lowest BCUT2D eigenvalue weighted by atomic mass is 10.1. The number of nitrogen functional groups attached to an aromatic ring is 1. The summed E-state index contributed by atoms with van der Waals surface area (Å²) in [4.78, 5) is 7.61. The van der Waals surface area contributed by atoms with Crippen LogP contribution in [0.15, 0.2) is 30.5 Å². The van der Waals surface area contributed by atoms with Crippen LogP contribution < -0.4 is 5.73 Å². The first kappa shape index (κ1) is 14.9. The van der Waals surface area contributed by atoms with Crippen LogP contribution in [-0.4, -0.2) is 23.0 Å². The first-order valence-electron chi connectivity index (χ1n) is 6.84. The van der Waals surface area contributed by atoms with Gasteiger partial charge in [-0.05, 0) is 37.1 Å². The predicted molar refractivity (Wildman–Crippen MR) is 82.2 cm³/mol. The summed E-state index contributed by atoms with van der Waals surface area (Å²) in [5.41, 5.74) is 6.69. The number of nitrogens with two attached hydrogens (primary N) is 1. The summed E-state index contributed by atoms with van der Waals surface area (Å²) in [5.74, 6) is -0.167. The van der Waals surface area contributed by atoms with Crippen molar-refractivity contribution in [3.05, 3.63) is 46.7 Å². The maximum absolute atomic E-state index is 13.2. The Bertz CT molecular complexity index is 541. The summed E-state index contributed by atoms with van der Waals surface area (Å²) in [6, 6.07) is 6.82. The maximum atomic E-state index is 13.2. The normalized spacial score (nSPS) is 11.2. The number of hydrogen-bond acceptors (Lipinski definition) is 4. The molecule has 0 bridgehead atoms. The van der Waals surface area contributed by atoms with E-state index in [0.717, 1.165) is 38.0 Å². The topological polar surface area (TPSA) is 42.2 Å². The molecule has 1 heterocycles. The molecule has 2 rings (SSSR count). The Morgan fingerprint density at radius 3 is 2.85 bits per heavy atom. The SMILES string of the molecule is CCCN(CCc1cccc(F)c1)Cc1cnc(N)s1. The molecular formula is C15H20FN3S. The van der Waals surface area contributed by atoms with Crippen LogP contribution in [-0.2, 0) is 13.0 Å². The van der Waals surface area contributed by atoms with E-state index in [1.54, 1.807) is 12.1 Å².